The second kappa shape index (κ2) is 6.28. The molecule has 0 fully saturated rings. The first-order valence-electron chi connectivity index (χ1n) is 7.53. The zero-order valence-corrected chi connectivity index (χ0v) is 12.9. The van der Waals surface area contributed by atoms with Crippen LogP contribution in [0.3, 0.4) is 0 Å². The second-order valence-corrected chi connectivity index (χ2v) is 5.55. The van der Waals surface area contributed by atoms with Gasteiger partial charge in [-0.25, -0.2) is 9.37 Å². The summed E-state index contributed by atoms with van der Waals surface area (Å²) in [4.78, 5) is 4.57. The van der Waals surface area contributed by atoms with Gasteiger partial charge in [0, 0.05) is 19.6 Å². The predicted octanol–water partition coefficient (Wildman–Crippen LogP) is 3.58. The topological polar surface area (TPSA) is 29.9 Å². The molecular formula is C18H20FN3. The van der Waals surface area contributed by atoms with Crippen molar-refractivity contribution in [3.05, 3.63) is 65.2 Å². The standard InChI is InChI=1S/C18H20FN3/c1-13-11-16(19)8-7-15(13)12-20-9-10-22-14(2)21-17-5-3-4-6-18(17)22/h3-8,11,20H,9-10,12H2,1-2H3. The van der Waals surface area contributed by atoms with Gasteiger partial charge in [-0.05, 0) is 49.2 Å². The number of nitrogens with zero attached hydrogens (tertiary/aromatic N) is 2. The number of imidazole rings is 1. The van der Waals surface area contributed by atoms with Gasteiger partial charge in [-0.15, -0.1) is 0 Å². The quantitative estimate of drug-likeness (QED) is 0.729. The molecule has 4 heteroatoms. The Hall–Kier alpha value is -2.20. The predicted molar refractivity (Wildman–Crippen MR) is 87.3 cm³/mol. The Morgan fingerprint density at radius 1 is 1.14 bits per heavy atom. The van der Waals surface area contributed by atoms with Crippen LogP contribution in [0, 0.1) is 19.7 Å². The van der Waals surface area contributed by atoms with Gasteiger partial charge in [0.25, 0.3) is 0 Å². The van der Waals surface area contributed by atoms with E-state index in [1.807, 2.05) is 38.1 Å². The molecule has 114 valence electrons. The molecule has 0 aliphatic carbocycles. The van der Waals surface area contributed by atoms with Gasteiger partial charge in [-0.1, -0.05) is 18.2 Å². The van der Waals surface area contributed by atoms with Gasteiger partial charge in [-0.2, -0.15) is 0 Å². The molecule has 0 atom stereocenters. The van der Waals surface area contributed by atoms with Crippen LogP contribution in [0.15, 0.2) is 42.5 Å². The highest BCUT2D eigenvalue weighted by atomic mass is 19.1. The summed E-state index contributed by atoms with van der Waals surface area (Å²) in [6, 6.07) is 13.1. The number of aromatic nitrogens is 2. The summed E-state index contributed by atoms with van der Waals surface area (Å²) in [5.74, 6) is 0.850. The average molecular weight is 297 g/mol. The van der Waals surface area contributed by atoms with Crippen molar-refractivity contribution in [3.63, 3.8) is 0 Å². The third kappa shape index (κ3) is 3.02. The molecule has 1 N–H and O–H groups in total. The lowest BCUT2D eigenvalue weighted by atomic mass is 10.1. The molecule has 1 heterocycles. The number of rotatable bonds is 5. The lowest BCUT2D eigenvalue weighted by molar-refractivity contribution is 0.593. The SMILES string of the molecule is Cc1cc(F)ccc1CNCCn1c(C)nc2ccccc21. The van der Waals surface area contributed by atoms with Gasteiger partial charge < -0.3 is 9.88 Å². The second-order valence-electron chi connectivity index (χ2n) is 5.55. The first kappa shape index (κ1) is 14.7. The summed E-state index contributed by atoms with van der Waals surface area (Å²) < 4.78 is 15.3. The van der Waals surface area contributed by atoms with Gasteiger partial charge in [0.05, 0.1) is 11.0 Å². The summed E-state index contributed by atoms with van der Waals surface area (Å²) in [5.41, 5.74) is 4.32. The Bertz CT molecular complexity index is 792. The van der Waals surface area contributed by atoms with E-state index >= 15 is 0 Å². The lowest BCUT2D eigenvalue weighted by Crippen LogP contribution is -2.20. The number of hydrogen-bond acceptors (Lipinski definition) is 2. The Morgan fingerprint density at radius 3 is 2.77 bits per heavy atom. The van der Waals surface area contributed by atoms with Crippen molar-refractivity contribution in [2.75, 3.05) is 6.54 Å². The van der Waals surface area contributed by atoms with Crippen molar-refractivity contribution in [1.29, 1.82) is 0 Å². The number of hydrogen-bond donors (Lipinski definition) is 1. The van der Waals surface area contributed by atoms with Gasteiger partial charge in [0.15, 0.2) is 0 Å². The van der Waals surface area contributed by atoms with E-state index in [1.54, 1.807) is 6.07 Å². The van der Waals surface area contributed by atoms with Crippen LogP contribution in [-0.2, 0) is 13.1 Å². The van der Waals surface area contributed by atoms with E-state index in [2.05, 4.69) is 20.9 Å². The number of halogens is 1. The van der Waals surface area contributed by atoms with E-state index in [-0.39, 0.29) is 5.82 Å². The molecule has 3 nitrogen and oxygen atoms in total. The molecule has 0 amide bonds. The Balaban J connectivity index is 1.62. The zero-order valence-electron chi connectivity index (χ0n) is 12.9. The fourth-order valence-electron chi connectivity index (χ4n) is 2.75. The maximum Gasteiger partial charge on any atom is 0.123 e. The average Bonchev–Trinajstić information content (AvgIpc) is 2.81. The third-order valence-corrected chi connectivity index (χ3v) is 3.98. The molecule has 0 saturated carbocycles. The highest BCUT2D eigenvalue weighted by molar-refractivity contribution is 5.75. The van der Waals surface area contributed by atoms with Gasteiger partial charge in [-0.3, -0.25) is 0 Å². The first-order valence-corrected chi connectivity index (χ1v) is 7.53. The van der Waals surface area contributed by atoms with Crippen LogP contribution in [0.5, 0.6) is 0 Å². The van der Waals surface area contributed by atoms with Crippen LogP contribution in [0.1, 0.15) is 17.0 Å². The van der Waals surface area contributed by atoms with E-state index in [0.717, 1.165) is 42.1 Å². The Kier molecular flexibility index (Phi) is 4.20. The minimum Gasteiger partial charge on any atom is -0.327 e. The van der Waals surface area contributed by atoms with Crippen molar-refractivity contribution < 1.29 is 4.39 Å². The molecule has 0 spiro atoms. The molecule has 3 rings (SSSR count). The highest BCUT2D eigenvalue weighted by Crippen LogP contribution is 2.15. The van der Waals surface area contributed by atoms with Gasteiger partial charge in [0.1, 0.15) is 11.6 Å². The van der Waals surface area contributed by atoms with E-state index in [1.165, 1.54) is 11.6 Å². The van der Waals surface area contributed by atoms with E-state index in [4.69, 9.17) is 0 Å². The van der Waals surface area contributed by atoms with Gasteiger partial charge >= 0.3 is 0 Å². The highest BCUT2D eigenvalue weighted by Gasteiger charge is 2.06. The molecule has 2 aromatic carbocycles. The third-order valence-electron chi connectivity index (χ3n) is 3.98. The summed E-state index contributed by atoms with van der Waals surface area (Å²) >= 11 is 0. The van der Waals surface area contributed by atoms with Crippen molar-refractivity contribution in [2.24, 2.45) is 0 Å². The molecule has 22 heavy (non-hydrogen) atoms. The van der Waals surface area contributed by atoms with Crippen molar-refractivity contribution in [2.45, 2.75) is 26.9 Å². The summed E-state index contributed by atoms with van der Waals surface area (Å²) in [6.07, 6.45) is 0. The lowest BCUT2D eigenvalue weighted by Gasteiger charge is -2.10. The largest absolute Gasteiger partial charge is 0.327 e. The fraction of sp³-hybridized carbons (Fsp3) is 0.278. The number of fused-ring (bicyclic) bond motifs is 1. The van der Waals surface area contributed by atoms with Gasteiger partial charge in [0.2, 0.25) is 0 Å². The van der Waals surface area contributed by atoms with Crippen molar-refractivity contribution >= 4 is 11.0 Å². The molecular weight excluding hydrogens is 277 g/mol. The first-order chi connectivity index (χ1) is 10.6. The monoisotopic (exact) mass is 297 g/mol. The molecule has 0 aliphatic rings. The molecule has 3 aromatic rings. The van der Waals surface area contributed by atoms with Crippen LogP contribution in [0.25, 0.3) is 11.0 Å². The van der Waals surface area contributed by atoms with Crippen LogP contribution < -0.4 is 5.32 Å². The Labute approximate surface area is 129 Å². The molecule has 0 unspecified atom stereocenters. The minimum absolute atomic E-state index is 0.179. The smallest absolute Gasteiger partial charge is 0.123 e. The minimum atomic E-state index is -0.179. The number of nitrogens with one attached hydrogen (secondary N) is 1. The normalized spacial score (nSPS) is 11.2. The van der Waals surface area contributed by atoms with Crippen LogP contribution in [0.2, 0.25) is 0 Å². The number of benzene rings is 2. The number of aryl methyl sites for hydroxylation is 2. The maximum absolute atomic E-state index is 13.1. The van der Waals surface area contributed by atoms with Crippen LogP contribution in [0.4, 0.5) is 4.39 Å². The van der Waals surface area contributed by atoms with Crippen LogP contribution in [-0.4, -0.2) is 16.1 Å². The molecule has 0 saturated heterocycles. The Morgan fingerprint density at radius 2 is 1.95 bits per heavy atom. The van der Waals surface area contributed by atoms with Crippen molar-refractivity contribution in [1.82, 2.24) is 14.9 Å². The summed E-state index contributed by atoms with van der Waals surface area (Å²) in [6.45, 7) is 6.43. The molecule has 0 aliphatic heterocycles. The van der Waals surface area contributed by atoms with E-state index in [0.29, 0.717) is 0 Å². The maximum atomic E-state index is 13.1. The number of para-hydroxylation sites is 2. The zero-order chi connectivity index (χ0) is 15.5. The molecule has 1 aromatic heterocycles. The summed E-state index contributed by atoms with van der Waals surface area (Å²) in [5, 5.41) is 3.42. The molecule has 0 bridgehead atoms. The van der Waals surface area contributed by atoms with Crippen LogP contribution >= 0.6 is 0 Å². The fourth-order valence-corrected chi connectivity index (χ4v) is 2.75. The van der Waals surface area contributed by atoms with Crippen molar-refractivity contribution in [3.8, 4) is 0 Å². The molecule has 0 radical (unpaired) electrons. The van der Waals surface area contributed by atoms with E-state index in [9.17, 15) is 4.39 Å². The van der Waals surface area contributed by atoms with E-state index < -0.39 is 0 Å². The summed E-state index contributed by atoms with van der Waals surface area (Å²) in [7, 11) is 0.